The van der Waals surface area contributed by atoms with Crippen molar-refractivity contribution in [2.24, 2.45) is 17.1 Å². The van der Waals surface area contributed by atoms with Gasteiger partial charge in [-0.05, 0) is 57.9 Å². The normalized spacial score (nSPS) is 32.2. The zero-order valence-corrected chi connectivity index (χ0v) is 11.9. The molecular formula is C14H26N2O2. The Morgan fingerprint density at radius 2 is 2.17 bits per heavy atom. The molecule has 1 amide bonds. The molecule has 2 rings (SSSR count). The summed E-state index contributed by atoms with van der Waals surface area (Å²) in [6.45, 7) is 8.15. The molecule has 1 spiro atoms. The summed E-state index contributed by atoms with van der Waals surface area (Å²) in [7, 11) is 0. The van der Waals surface area contributed by atoms with Crippen molar-refractivity contribution in [3.8, 4) is 0 Å². The summed E-state index contributed by atoms with van der Waals surface area (Å²) in [5, 5.41) is 0. The maximum absolute atomic E-state index is 12.1. The Morgan fingerprint density at radius 3 is 2.78 bits per heavy atom. The molecule has 2 N–H and O–H groups in total. The number of amides is 1. The smallest absolute Gasteiger partial charge is 0.410 e. The number of nitrogens with zero attached hydrogens (tertiary/aromatic N) is 1. The van der Waals surface area contributed by atoms with Crippen molar-refractivity contribution < 1.29 is 9.53 Å². The average molecular weight is 254 g/mol. The zero-order chi connectivity index (χ0) is 13.4. The van der Waals surface area contributed by atoms with Crippen LogP contribution in [0, 0.1) is 11.3 Å². The van der Waals surface area contributed by atoms with E-state index in [9.17, 15) is 4.79 Å². The molecule has 0 bridgehead atoms. The van der Waals surface area contributed by atoms with Crippen LogP contribution in [0.15, 0.2) is 0 Å². The van der Waals surface area contributed by atoms with Gasteiger partial charge in [0.1, 0.15) is 5.60 Å². The lowest BCUT2D eigenvalue weighted by atomic mass is 9.77. The summed E-state index contributed by atoms with van der Waals surface area (Å²) in [5.74, 6) is 0.588. The van der Waals surface area contributed by atoms with Gasteiger partial charge in [0.05, 0.1) is 0 Å². The lowest BCUT2D eigenvalue weighted by molar-refractivity contribution is 0.0263. The Balaban J connectivity index is 1.98. The zero-order valence-electron chi connectivity index (χ0n) is 11.9. The van der Waals surface area contributed by atoms with Crippen LogP contribution in [0.25, 0.3) is 0 Å². The summed E-state index contributed by atoms with van der Waals surface area (Å²) in [6.07, 6.45) is 4.62. The van der Waals surface area contributed by atoms with Gasteiger partial charge >= 0.3 is 6.09 Å². The Labute approximate surface area is 110 Å². The third-order valence-electron chi connectivity index (χ3n) is 4.41. The van der Waals surface area contributed by atoms with E-state index < -0.39 is 5.60 Å². The Morgan fingerprint density at radius 1 is 1.44 bits per heavy atom. The summed E-state index contributed by atoms with van der Waals surface area (Å²) >= 11 is 0. The van der Waals surface area contributed by atoms with Crippen molar-refractivity contribution in [3.63, 3.8) is 0 Å². The van der Waals surface area contributed by atoms with Crippen LogP contribution in [0.1, 0.15) is 46.5 Å². The van der Waals surface area contributed by atoms with E-state index in [0.717, 1.165) is 26.1 Å². The van der Waals surface area contributed by atoms with Gasteiger partial charge in [0.15, 0.2) is 0 Å². The second-order valence-corrected chi connectivity index (χ2v) is 6.84. The van der Waals surface area contributed by atoms with Gasteiger partial charge in [-0.1, -0.05) is 6.42 Å². The van der Waals surface area contributed by atoms with Crippen LogP contribution in [0.3, 0.4) is 0 Å². The van der Waals surface area contributed by atoms with E-state index in [2.05, 4.69) is 0 Å². The SMILES string of the molecule is CC(C)(C)OC(=O)N1CCC2(CCCC2CN)C1. The van der Waals surface area contributed by atoms with E-state index in [-0.39, 0.29) is 11.5 Å². The number of nitrogens with two attached hydrogens (primary N) is 1. The number of carbonyl (C=O) groups excluding carboxylic acids is 1. The molecule has 1 aliphatic carbocycles. The van der Waals surface area contributed by atoms with E-state index in [0.29, 0.717) is 5.92 Å². The first kappa shape index (κ1) is 13.7. The molecule has 2 unspecified atom stereocenters. The standard InChI is InChI=1S/C14H26N2O2/c1-13(2,3)18-12(17)16-8-7-14(10-16)6-4-5-11(14)9-15/h11H,4-10,15H2,1-3H3. The predicted molar refractivity (Wildman–Crippen MR) is 71.3 cm³/mol. The topological polar surface area (TPSA) is 55.6 Å². The van der Waals surface area contributed by atoms with Crippen LogP contribution in [0.2, 0.25) is 0 Å². The maximum Gasteiger partial charge on any atom is 0.410 e. The van der Waals surface area contributed by atoms with Crippen molar-refractivity contribution in [3.05, 3.63) is 0 Å². The number of carbonyl (C=O) groups is 1. The highest BCUT2D eigenvalue weighted by atomic mass is 16.6. The van der Waals surface area contributed by atoms with Gasteiger partial charge < -0.3 is 15.4 Å². The fraction of sp³-hybridized carbons (Fsp3) is 0.929. The minimum absolute atomic E-state index is 0.165. The van der Waals surface area contributed by atoms with Gasteiger partial charge in [-0.3, -0.25) is 0 Å². The fourth-order valence-electron chi connectivity index (χ4n) is 3.49. The summed E-state index contributed by atoms with van der Waals surface area (Å²) < 4.78 is 5.45. The highest BCUT2D eigenvalue weighted by molar-refractivity contribution is 5.68. The molecule has 1 heterocycles. The molecule has 0 aromatic carbocycles. The molecule has 2 fully saturated rings. The Hall–Kier alpha value is -0.770. The van der Waals surface area contributed by atoms with E-state index in [1.165, 1.54) is 19.3 Å². The van der Waals surface area contributed by atoms with Crippen LogP contribution >= 0.6 is 0 Å². The molecular weight excluding hydrogens is 228 g/mol. The first-order valence-electron chi connectivity index (χ1n) is 7.04. The van der Waals surface area contributed by atoms with Crippen LogP contribution < -0.4 is 5.73 Å². The van der Waals surface area contributed by atoms with E-state index in [4.69, 9.17) is 10.5 Å². The Kier molecular flexibility index (Phi) is 3.58. The van der Waals surface area contributed by atoms with Crippen LogP contribution in [-0.2, 0) is 4.74 Å². The van der Waals surface area contributed by atoms with Crippen molar-refractivity contribution in [2.75, 3.05) is 19.6 Å². The quantitative estimate of drug-likeness (QED) is 0.781. The molecule has 0 aromatic rings. The largest absolute Gasteiger partial charge is 0.444 e. The number of ether oxygens (including phenoxy) is 1. The molecule has 18 heavy (non-hydrogen) atoms. The highest BCUT2D eigenvalue weighted by Crippen LogP contribution is 2.49. The van der Waals surface area contributed by atoms with Gasteiger partial charge in [0.2, 0.25) is 0 Å². The van der Waals surface area contributed by atoms with Gasteiger partial charge in [-0.15, -0.1) is 0 Å². The van der Waals surface area contributed by atoms with E-state index >= 15 is 0 Å². The third kappa shape index (κ3) is 2.63. The first-order valence-corrected chi connectivity index (χ1v) is 7.04. The average Bonchev–Trinajstić information content (AvgIpc) is 2.84. The second kappa shape index (κ2) is 4.72. The highest BCUT2D eigenvalue weighted by Gasteiger charge is 2.48. The third-order valence-corrected chi connectivity index (χ3v) is 4.41. The van der Waals surface area contributed by atoms with E-state index in [1.54, 1.807) is 0 Å². The fourth-order valence-corrected chi connectivity index (χ4v) is 3.49. The molecule has 1 saturated carbocycles. The lowest BCUT2D eigenvalue weighted by Crippen LogP contribution is -2.39. The van der Waals surface area contributed by atoms with Crippen LogP contribution in [-0.4, -0.2) is 36.2 Å². The molecule has 4 heteroatoms. The molecule has 104 valence electrons. The molecule has 2 aliphatic rings. The van der Waals surface area contributed by atoms with Crippen molar-refractivity contribution >= 4 is 6.09 Å². The molecule has 0 aromatic heterocycles. The number of rotatable bonds is 1. The van der Waals surface area contributed by atoms with Gasteiger partial charge in [0, 0.05) is 13.1 Å². The van der Waals surface area contributed by atoms with Crippen LogP contribution in [0.5, 0.6) is 0 Å². The van der Waals surface area contributed by atoms with Crippen molar-refractivity contribution in [1.29, 1.82) is 0 Å². The molecule has 1 aliphatic heterocycles. The molecule has 1 saturated heterocycles. The van der Waals surface area contributed by atoms with Gasteiger partial charge in [-0.25, -0.2) is 4.79 Å². The van der Waals surface area contributed by atoms with Crippen molar-refractivity contribution in [2.45, 2.75) is 52.1 Å². The van der Waals surface area contributed by atoms with Gasteiger partial charge in [-0.2, -0.15) is 0 Å². The summed E-state index contributed by atoms with van der Waals surface area (Å²) in [6, 6.07) is 0. The molecule has 4 nitrogen and oxygen atoms in total. The molecule has 2 atom stereocenters. The minimum atomic E-state index is -0.407. The maximum atomic E-state index is 12.1. The number of likely N-dealkylation sites (tertiary alicyclic amines) is 1. The second-order valence-electron chi connectivity index (χ2n) is 6.84. The number of hydrogen-bond donors (Lipinski definition) is 1. The Bertz CT molecular complexity index is 324. The monoisotopic (exact) mass is 254 g/mol. The number of hydrogen-bond acceptors (Lipinski definition) is 3. The van der Waals surface area contributed by atoms with Crippen molar-refractivity contribution in [1.82, 2.24) is 4.90 Å². The van der Waals surface area contributed by atoms with Crippen LogP contribution in [0.4, 0.5) is 4.79 Å². The van der Waals surface area contributed by atoms with E-state index in [1.807, 2.05) is 25.7 Å². The summed E-state index contributed by atoms with van der Waals surface area (Å²) in [4.78, 5) is 13.9. The summed E-state index contributed by atoms with van der Waals surface area (Å²) in [5.41, 5.74) is 5.75. The minimum Gasteiger partial charge on any atom is -0.444 e. The molecule has 0 radical (unpaired) electrons. The first-order chi connectivity index (χ1) is 8.36. The van der Waals surface area contributed by atoms with Gasteiger partial charge in [0.25, 0.3) is 0 Å². The predicted octanol–water partition coefficient (Wildman–Crippen LogP) is 2.37. The lowest BCUT2D eigenvalue weighted by Gasteiger charge is -2.31.